The van der Waals surface area contributed by atoms with Crippen LogP contribution in [0.4, 0.5) is 13.2 Å². The van der Waals surface area contributed by atoms with Crippen molar-refractivity contribution >= 4 is 22.9 Å². The van der Waals surface area contributed by atoms with Gasteiger partial charge in [-0.05, 0) is 42.3 Å². The number of halogens is 3. The second-order valence-corrected chi connectivity index (χ2v) is 7.63. The molecule has 0 aliphatic heterocycles. The Labute approximate surface area is 176 Å². The Morgan fingerprint density at radius 1 is 1.13 bits per heavy atom. The van der Waals surface area contributed by atoms with Gasteiger partial charge in [0, 0.05) is 25.1 Å². The summed E-state index contributed by atoms with van der Waals surface area (Å²) < 4.78 is 40.5. The number of aromatic carboxylic acids is 1. The molecule has 1 aromatic heterocycles. The lowest BCUT2D eigenvalue weighted by Crippen LogP contribution is -2.27. The van der Waals surface area contributed by atoms with Crippen molar-refractivity contribution in [2.45, 2.75) is 33.0 Å². The number of imidazole rings is 1. The zero-order valence-electron chi connectivity index (χ0n) is 17.0. The Morgan fingerprint density at radius 3 is 2.52 bits per heavy atom. The van der Waals surface area contributed by atoms with Crippen LogP contribution in [-0.2, 0) is 19.1 Å². The van der Waals surface area contributed by atoms with E-state index in [1.54, 1.807) is 6.07 Å². The van der Waals surface area contributed by atoms with Crippen LogP contribution in [0.5, 0.6) is 0 Å². The smallest absolute Gasteiger partial charge is 0.416 e. The van der Waals surface area contributed by atoms with Crippen LogP contribution in [0.15, 0.2) is 42.5 Å². The maximum Gasteiger partial charge on any atom is 0.416 e. The molecular weight excluding hydrogens is 411 g/mol. The van der Waals surface area contributed by atoms with Gasteiger partial charge in [0.05, 0.1) is 22.2 Å². The van der Waals surface area contributed by atoms with Crippen molar-refractivity contribution in [1.29, 1.82) is 0 Å². The SMILES string of the molecule is CC(C)Cn1c(CCNC(=O)c2cccc(C(F)(F)F)c2)nc2cc(C(=O)O)ccc21. The quantitative estimate of drug-likeness (QED) is 0.579. The number of benzene rings is 2. The van der Waals surface area contributed by atoms with E-state index in [2.05, 4.69) is 10.3 Å². The molecule has 0 atom stereocenters. The van der Waals surface area contributed by atoms with Gasteiger partial charge in [0.1, 0.15) is 5.82 Å². The van der Waals surface area contributed by atoms with Gasteiger partial charge in [-0.3, -0.25) is 4.79 Å². The Hall–Kier alpha value is -3.36. The molecule has 3 aromatic rings. The zero-order chi connectivity index (χ0) is 22.8. The van der Waals surface area contributed by atoms with E-state index in [0.29, 0.717) is 30.2 Å². The lowest BCUT2D eigenvalue weighted by Gasteiger charge is -2.12. The average molecular weight is 433 g/mol. The molecule has 0 saturated carbocycles. The predicted molar refractivity (Wildman–Crippen MR) is 109 cm³/mol. The van der Waals surface area contributed by atoms with Crippen LogP contribution < -0.4 is 5.32 Å². The number of carbonyl (C=O) groups excluding carboxylic acids is 1. The van der Waals surface area contributed by atoms with E-state index in [4.69, 9.17) is 0 Å². The third-order valence-corrected chi connectivity index (χ3v) is 4.71. The summed E-state index contributed by atoms with van der Waals surface area (Å²) in [5, 5.41) is 11.8. The Kier molecular flexibility index (Phi) is 6.33. The Bertz CT molecular complexity index is 1120. The van der Waals surface area contributed by atoms with E-state index >= 15 is 0 Å². The first-order valence-electron chi connectivity index (χ1n) is 9.74. The van der Waals surface area contributed by atoms with E-state index in [-0.39, 0.29) is 17.7 Å². The largest absolute Gasteiger partial charge is 0.478 e. The second-order valence-electron chi connectivity index (χ2n) is 7.63. The van der Waals surface area contributed by atoms with E-state index in [9.17, 15) is 27.9 Å². The molecule has 164 valence electrons. The normalized spacial score (nSPS) is 11.8. The molecule has 1 heterocycles. The third kappa shape index (κ3) is 5.22. The fourth-order valence-corrected chi connectivity index (χ4v) is 3.30. The molecule has 0 aliphatic carbocycles. The van der Waals surface area contributed by atoms with Crippen molar-refractivity contribution in [3.63, 3.8) is 0 Å². The molecule has 0 spiro atoms. The number of nitrogens with one attached hydrogen (secondary N) is 1. The summed E-state index contributed by atoms with van der Waals surface area (Å²) in [6, 6.07) is 8.97. The Morgan fingerprint density at radius 2 is 1.87 bits per heavy atom. The zero-order valence-corrected chi connectivity index (χ0v) is 17.0. The molecule has 0 bridgehead atoms. The number of carboxylic acid groups (broad SMARTS) is 1. The van der Waals surface area contributed by atoms with Crippen molar-refractivity contribution in [2.75, 3.05) is 6.54 Å². The lowest BCUT2D eigenvalue weighted by atomic mass is 10.1. The minimum Gasteiger partial charge on any atom is -0.478 e. The summed E-state index contributed by atoms with van der Waals surface area (Å²) in [5.74, 6) is -0.688. The van der Waals surface area contributed by atoms with Crippen molar-refractivity contribution in [1.82, 2.24) is 14.9 Å². The number of alkyl halides is 3. The van der Waals surface area contributed by atoms with Crippen molar-refractivity contribution in [3.05, 3.63) is 65.0 Å². The molecule has 3 rings (SSSR count). The van der Waals surface area contributed by atoms with E-state index < -0.39 is 23.6 Å². The number of fused-ring (bicyclic) bond motifs is 1. The molecule has 6 nitrogen and oxygen atoms in total. The highest BCUT2D eigenvalue weighted by Crippen LogP contribution is 2.29. The minimum atomic E-state index is -4.52. The monoisotopic (exact) mass is 433 g/mol. The molecule has 0 aliphatic rings. The van der Waals surface area contributed by atoms with Gasteiger partial charge in [-0.2, -0.15) is 13.2 Å². The van der Waals surface area contributed by atoms with Gasteiger partial charge in [-0.25, -0.2) is 9.78 Å². The number of carboxylic acids is 1. The molecular formula is C22H22F3N3O3. The molecule has 2 aromatic carbocycles. The van der Waals surface area contributed by atoms with Crippen molar-refractivity contribution in [3.8, 4) is 0 Å². The number of hydrogen-bond acceptors (Lipinski definition) is 3. The van der Waals surface area contributed by atoms with Gasteiger partial charge in [-0.1, -0.05) is 19.9 Å². The van der Waals surface area contributed by atoms with Gasteiger partial charge in [0.2, 0.25) is 0 Å². The highest BCUT2D eigenvalue weighted by molar-refractivity contribution is 5.94. The fraction of sp³-hybridized carbons (Fsp3) is 0.318. The molecule has 9 heteroatoms. The van der Waals surface area contributed by atoms with Crippen LogP contribution in [0.2, 0.25) is 0 Å². The Balaban J connectivity index is 1.77. The van der Waals surface area contributed by atoms with Gasteiger partial charge >= 0.3 is 12.1 Å². The number of hydrogen-bond donors (Lipinski definition) is 2. The van der Waals surface area contributed by atoms with E-state index in [0.717, 1.165) is 17.6 Å². The second kappa shape index (κ2) is 8.79. The highest BCUT2D eigenvalue weighted by Gasteiger charge is 2.30. The standard InChI is InChI=1S/C22H22F3N3O3/c1-13(2)12-28-18-7-6-15(21(30)31)11-17(18)27-19(28)8-9-26-20(29)14-4-3-5-16(10-14)22(23,24)25/h3-7,10-11,13H,8-9,12H2,1-2H3,(H,26,29)(H,30,31). The minimum absolute atomic E-state index is 0.0726. The van der Waals surface area contributed by atoms with Crippen LogP contribution in [0.25, 0.3) is 11.0 Å². The first-order valence-corrected chi connectivity index (χ1v) is 9.74. The number of nitrogens with zero attached hydrogens (tertiary/aromatic N) is 2. The van der Waals surface area contributed by atoms with Crippen LogP contribution in [0, 0.1) is 5.92 Å². The molecule has 0 unspecified atom stereocenters. The van der Waals surface area contributed by atoms with Crippen LogP contribution >= 0.6 is 0 Å². The van der Waals surface area contributed by atoms with Gasteiger partial charge in [-0.15, -0.1) is 0 Å². The van der Waals surface area contributed by atoms with Crippen LogP contribution in [0.1, 0.15) is 46.0 Å². The van der Waals surface area contributed by atoms with Crippen LogP contribution in [0.3, 0.4) is 0 Å². The van der Waals surface area contributed by atoms with Gasteiger partial charge in [0.25, 0.3) is 5.91 Å². The van der Waals surface area contributed by atoms with Crippen molar-refractivity contribution in [2.24, 2.45) is 5.92 Å². The topological polar surface area (TPSA) is 84.2 Å². The first-order chi connectivity index (χ1) is 14.6. The average Bonchev–Trinajstić information content (AvgIpc) is 3.03. The lowest BCUT2D eigenvalue weighted by molar-refractivity contribution is -0.137. The molecule has 0 radical (unpaired) electrons. The highest BCUT2D eigenvalue weighted by atomic mass is 19.4. The van der Waals surface area contributed by atoms with E-state index in [1.807, 2.05) is 18.4 Å². The molecule has 31 heavy (non-hydrogen) atoms. The summed E-state index contributed by atoms with van der Waals surface area (Å²) in [6.45, 7) is 4.90. The first kappa shape index (κ1) is 22.3. The number of carbonyl (C=O) groups is 2. The molecule has 1 amide bonds. The predicted octanol–water partition coefficient (Wildman–Crippen LogP) is 4.38. The maximum atomic E-state index is 12.9. The van der Waals surface area contributed by atoms with Crippen molar-refractivity contribution < 1.29 is 27.9 Å². The summed E-state index contributed by atoms with van der Waals surface area (Å²) in [6.07, 6.45) is -4.18. The molecule has 2 N–H and O–H groups in total. The number of aromatic nitrogens is 2. The summed E-state index contributed by atoms with van der Waals surface area (Å²) in [4.78, 5) is 28.1. The fourth-order valence-electron chi connectivity index (χ4n) is 3.30. The maximum absolute atomic E-state index is 12.9. The van der Waals surface area contributed by atoms with Crippen LogP contribution in [-0.4, -0.2) is 33.1 Å². The van der Waals surface area contributed by atoms with E-state index in [1.165, 1.54) is 24.3 Å². The number of amides is 1. The summed E-state index contributed by atoms with van der Waals surface area (Å²) in [7, 11) is 0. The van der Waals surface area contributed by atoms with Gasteiger partial charge in [0.15, 0.2) is 0 Å². The van der Waals surface area contributed by atoms with Gasteiger partial charge < -0.3 is 15.0 Å². The third-order valence-electron chi connectivity index (χ3n) is 4.71. The number of rotatable bonds is 7. The summed E-state index contributed by atoms with van der Waals surface area (Å²) in [5.41, 5.74) is 0.508. The molecule has 0 fully saturated rings. The molecule has 0 saturated heterocycles. The summed E-state index contributed by atoms with van der Waals surface area (Å²) >= 11 is 0.